The van der Waals surface area contributed by atoms with Crippen LogP contribution >= 0.6 is 12.4 Å². The minimum atomic E-state index is 0. The van der Waals surface area contributed by atoms with Crippen LogP contribution < -0.4 is 0 Å². The van der Waals surface area contributed by atoms with E-state index in [9.17, 15) is 4.79 Å². The number of rotatable bonds is 4. The highest BCUT2D eigenvalue weighted by molar-refractivity contribution is 5.95. The first-order valence-electron chi connectivity index (χ1n) is 8.21. The highest BCUT2D eigenvalue weighted by Gasteiger charge is 2.22. The second-order valence-electron chi connectivity index (χ2n) is 6.02. The van der Waals surface area contributed by atoms with Gasteiger partial charge in [0.15, 0.2) is 0 Å². The number of pyridine rings is 1. The quantitative estimate of drug-likeness (QED) is 0.855. The second-order valence-corrected chi connectivity index (χ2v) is 6.02. The fourth-order valence-electron chi connectivity index (χ4n) is 2.98. The molecule has 1 aromatic carbocycles. The number of carbonyl (C=O) groups is 1. The van der Waals surface area contributed by atoms with Crippen LogP contribution in [0.5, 0.6) is 0 Å². The minimum Gasteiger partial charge on any atom is -0.336 e. The van der Waals surface area contributed by atoms with Crippen molar-refractivity contribution in [2.45, 2.75) is 13.3 Å². The van der Waals surface area contributed by atoms with Crippen molar-refractivity contribution in [3.8, 4) is 0 Å². The molecule has 1 aliphatic rings. The zero-order chi connectivity index (χ0) is 16.1. The SMILES string of the molecule is Cc1ccccc1C(=O)N1CCN(CCc2ccccn2)CC1.Cl. The molecule has 5 heteroatoms. The smallest absolute Gasteiger partial charge is 0.254 e. The van der Waals surface area contributed by atoms with Gasteiger partial charge in [0.2, 0.25) is 0 Å². The van der Waals surface area contributed by atoms with E-state index in [1.165, 1.54) is 0 Å². The van der Waals surface area contributed by atoms with E-state index >= 15 is 0 Å². The number of amides is 1. The lowest BCUT2D eigenvalue weighted by Crippen LogP contribution is -2.49. The first kappa shape index (κ1) is 18.4. The fraction of sp³-hybridized carbons (Fsp3) is 0.368. The van der Waals surface area contributed by atoms with Crippen LogP contribution in [0.1, 0.15) is 21.6 Å². The Balaban J connectivity index is 0.00000208. The number of hydrogen-bond donors (Lipinski definition) is 0. The highest BCUT2D eigenvalue weighted by Crippen LogP contribution is 2.13. The average Bonchev–Trinajstić information content (AvgIpc) is 2.61. The van der Waals surface area contributed by atoms with Crippen molar-refractivity contribution in [1.29, 1.82) is 0 Å². The molecule has 128 valence electrons. The van der Waals surface area contributed by atoms with Crippen molar-refractivity contribution in [1.82, 2.24) is 14.8 Å². The molecule has 0 bridgehead atoms. The van der Waals surface area contributed by atoms with Crippen LogP contribution in [0, 0.1) is 6.92 Å². The van der Waals surface area contributed by atoms with E-state index in [0.717, 1.165) is 56.0 Å². The van der Waals surface area contributed by atoms with Crippen molar-refractivity contribution in [2.24, 2.45) is 0 Å². The monoisotopic (exact) mass is 345 g/mol. The second kappa shape index (κ2) is 8.81. The summed E-state index contributed by atoms with van der Waals surface area (Å²) in [7, 11) is 0. The maximum atomic E-state index is 12.6. The van der Waals surface area contributed by atoms with Gasteiger partial charge in [-0.2, -0.15) is 0 Å². The van der Waals surface area contributed by atoms with Crippen LogP contribution in [0.4, 0.5) is 0 Å². The molecule has 0 atom stereocenters. The normalized spacial score (nSPS) is 15.0. The molecule has 0 unspecified atom stereocenters. The van der Waals surface area contributed by atoms with E-state index in [4.69, 9.17) is 0 Å². The Morgan fingerprint density at radius 3 is 2.42 bits per heavy atom. The Morgan fingerprint density at radius 1 is 1.04 bits per heavy atom. The van der Waals surface area contributed by atoms with Crippen LogP contribution in [0.15, 0.2) is 48.7 Å². The van der Waals surface area contributed by atoms with Gasteiger partial charge in [0, 0.05) is 56.6 Å². The molecule has 0 N–H and O–H groups in total. The third kappa shape index (κ3) is 4.56. The topological polar surface area (TPSA) is 36.4 Å². The molecule has 0 aliphatic carbocycles. The van der Waals surface area contributed by atoms with E-state index in [1.54, 1.807) is 0 Å². The lowest BCUT2D eigenvalue weighted by Gasteiger charge is -2.35. The lowest BCUT2D eigenvalue weighted by atomic mass is 10.1. The van der Waals surface area contributed by atoms with Crippen molar-refractivity contribution in [3.05, 3.63) is 65.5 Å². The third-order valence-corrected chi connectivity index (χ3v) is 4.45. The van der Waals surface area contributed by atoms with Gasteiger partial charge in [0.05, 0.1) is 0 Å². The van der Waals surface area contributed by atoms with Crippen molar-refractivity contribution >= 4 is 18.3 Å². The number of carbonyl (C=O) groups excluding carboxylic acids is 1. The molecule has 2 aromatic rings. The lowest BCUT2D eigenvalue weighted by molar-refractivity contribution is 0.0637. The van der Waals surface area contributed by atoms with Gasteiger partial charge in [0.1, 0.15) is 0 Å². The molecule has 2 heterocycles. The van der Waals surface area contributed by atoms with E-state index in [-0.39, 0.29) is 18.3 Å². The molecule has 1 aliphatic heterocycles. The van der Waals surface area contributed by atoms with E-state index in [0.29, 0.717) is 0 Å². The van der Waals surface area contributed by atoms with Crippen LogP contribution in [0.2, 0.25) is 0 Å². The Bertz CT molecular complexity index is 655. The van der Waals surface area contributed by atoms with Crippen molar-refractivity contribution in [2.75, 3.05) is 32.7 Å². The van der Waals surface area contributed by atoms with Crippen LogP contribution in [0.25, 0.3) is 0 Å². The Labute approximate surface area is 149 Å². The molecule has 0 saturated carbocycles. The van der Waals surface area contributed by atoms with Crippen LogP contribution in [-0.4, -0.2) is 53.4 Å². The molecule has 1 saturated heterocycles. The molecule has 1 aromatic heterocycles. The summed E-state index contributed by atoms with van der Waals surface area (Å²) in [4.78, 5) is 21.4. The predicted octanol–water partition coefficient (Wildman–Crippen LogP) is 2.81. The number of aromatic nitrogens is 1. The molecule has 3 rings (SSSR count). The maximum absolute atomic E-state index is 12.6. The highest BCUT2D eigenvalue weighted by atomic mass is 35.5. The maximum Gasteiger partial charge on any atom is 0.254 e. The van der Waals surface area contributed by atoms with Crippen LogP contribution in [0.3, 0.4) is 0 Å². The standard InChI is InChI=1S/C19H23N3O.ClH/c1-16-6-2-3-8-18(16)19(23)22-14-12-21(13-15-22)11-9-17-7-4-5-10-20-17;/h2-8,10H,9,11-15H2,1H3;1H. The summed E-state index contributed by atoms with van der Waals surface area (Å²) in [6.07, 6.45) is 2.81. The summed E-state index contributed by atoms with van der Waals surface area (Å²) in [5.41, 5.74) is 3.01. The van der Waals surface area contributed by atoms with Crippen molar-refractivity contribution in [3.63, 3.8) is 0 Å². The number of hydrogen-bond acceptors (Lipinski definition) is 3. The third-order valence-electron chi connectivity index (χ3n) is 4.45. The van der Waals surface area contributed by atoms with E-state index in [2.05, 4.69) is 16.0 Å². The van der Waals surface area contributed by atoms with E-state index in [1.807, 2.05) is 54.4 Å². The number of halogens is 1. The van der Waals surface area contributed by atoms with Gasteiger partial charge in [-0.25, -0.2) is 0 Å². The number of nitrogens with zero attached hydrogens (tertiary/aromatic N) is 3. The van der Waals surface area contributed by atoms with Gasteiger partial charge in [-0.1, -0.05) is 24.3 Å². The zero-order valence-electron chi connectivity index (χ0n) is 14.0. The molecule has 24 heavy (non-hydrogen) atoms. The largest absolute Gasteiger partial charge is 0.336 e. The Hall–Kier alpha value is -1.91. The number of aryl methyl sites for hydroxylation is 1. The number of benzene rings is 1. The average molecular weight is 346 g/mol. The number of piperazine rings is 1. The van der Waals surface area contributed by atoms with Gasteiger partial charge in [-0.15, -0.1) is 12.4 Å². The Kier molecular flexibility index (Phi) is 6.76. The summed E-state index contributed by atoms with van der Waals surface area (Å²) >= 11 is 0. The molecule has 4 nitrogen and oxygen atoms in total. The summed E-state index contributed by atoms with van der Waals surface area (Å²) in [5.74, 6) is 0.160. The molecule has 1 amide bonds. The van der Waals surface area contributed by atoms with Gasteiger partial charge >= 0.3 is 0 Å². The Morgan fingerprint density at radius 2 is 1.75 bits per heavy atom. The zero-order valence-corrected chi connectivity index (χ0v) is 14.8. The molecular formula is C19H24ClN3O. The fourth-order valence-corrected chi connectivity index (χ4v) is 2.98. The summed E-state index contributed by atoms with van der Waals surface area (Å²) in [6, 6.07) is 13.9. The van der Waals surface area contributed by atoms with Crippen LogP contribution in [-0.2, 0) is 6.42 Å². The molecule has 1 fully saturated rings. The van der Waals surface area contributed by atoms with E-state index < -0.39 is 0 Å². The minimum absolute atomic E-state index is 0. The summed E-state index contributed by atoms with van der Waals surface area (Å²) < 4.78 is 0. The first-order valence-corrected chi connectivity index (χ1v) is 8.21. The molecule has 0 radical (unpaired) electrons. The first-order chi connectivity index (χ1) is 11.2. The predicted molar refractivity (Wildman–Crippen MR) is 98.7 cm³/mol. The van der Waals surface area contributed by atoms with Gasteiger partial charge in [-0.3, -0.25) is 14.7 Å². The molecular weight excluding hydrogens is 322 g/mol. The van der Waals surface area contributed by atoms with Gasteiger partial charge in [-0.05, 0) is 30.7 Å². The van der Waals surface area contributed by atoms with Crippen molar-refractivity contribution < 1.29 is 4.79 Å². The van der Waals surface area contributed by atoms with Gasteiger partial charge in [0.25, 0.3) is 5.91 Å². The molecule has 0 spiro atoms. The summed E-state index contributed by atoms with van der Waals surface area (Å²) in [5, 5.41) is 0. The summed E-state index contributed by atoms with van der Waals surface area (Å²) in [6.45, 7) is 6.47. The van der Waals surface area contributed by atoms with Gasteiger partial charge < -0.3 is 4.90 Å².